The Morgan fingerprint density at radius 3 is 2.64 bits per heavy atom. The van der Waals surface area contributed by atoms with Crippen molar-refractivity contribution in [1.82, 2.24) is 19.8 Å². The molecule has 0 radical (unpaired) electrons. The minimum Gasteiger partial charge on any atom is -0.469 e. The highest BCUT2D eigenvalue weighted by Gasteiger charge is 2.45. The zero-order valence-electron chi connectivity index (χ0n) is 20.9. The Morgan fingerprint density at radius 1 is 1.22 bits per heavy atom. The number of hydrogen-bond donors (Lipinski definition) is 1. The summed E-state index contributed by atoms with van der Waals surface area (Å²) in [6.07, 6.45) is -0.675. The summed E-state index contributed by atoms with van der Waals surface area (Å²) in [6.45, 7) is 4.65. The van der Waals surface area contributed by atoms with Gasteiger partial charge in [0.2, 0.25) is 5.91 Å². The van der Waals surface area contributed by atoms with Crippen LogP contribution in [0, 0.1) is 5.92 Å². The van der Waals surface area contributed by atoms with Gasteiger partial charge in [0.15, 0.2) is 0 Å². The van der Waals surface area contributed by atoms with Crippen molar-refractivity contribution in [2.45, 2.75) is 69.9 Å². The standard InChI is InChI=1S/C25H32F3N5O3/c1-14(2)32(3)16-6-8-21(18(12-16)24(35)36-4)33-10-9-20(23(33)34)31-22-17-11-15(25(26,27)28)5-7-19(17)29-13-30-22/h5,7,11,13-14,16,18,20-21H,6,8-10,12H2,1-4H3,(H,29,30,31). The monoisotopic (exact) mass is 507 g/mol. The fourth-order valence-electron chi connectivity index (χ4n) is 5.38. The van der Waals surface area contributed by atoms with Crippen molar-refractivity contribution in [1.29, 1.82) is 0 Å². The molecule has 2 fully saturated rings. The third-order valence-electron chi connectivity index (χ3n) is 7.59. The van der Waals surface area contributed by atoms with Gasteiger partial charge >= 0.3 is 12.1 Å². The smallest absolute Gasteiger partial charge is 0.416 e. The summed E-state index contributed by atoms with van der Waals surface area (Å²) in [4.78, 5) is 38.3. The SMILES string of the molecule is COC(=O)C1CC(N(C)C(C)C)CCC1N1CCC(Nc2ncnc3ccc(C(F)(F)F)cc23)C1=O. The lowest BCUT2D eigenvalue weighted by atomic mass is 9.80. The molecular weight excluding hydrogens is 475 g/mol. The van der Waals surface area contributed by atoms with Gasteiger partial charge in [-0.3, -0.25) is 9.59 Å². The van der Waals surface area contributed by atoms with E-state index in [4.69, 9.17) is 4.74 Å². The van der Waals surface area contributed by atoms with Crippen LogP contribution < -0.4 is 5.32 Å². The second kappa shape index (κ2) is 10.2. The Morgan fingerprint density at radius 2 is 1.97 bits per heavy atom. The summed E-state index contributed by atoms with van der Waals surface area (Å²) in [5, 5.41) is 3.24. The highest BCUT2D eigenvalue weighted by Crippen LogP contribution is 2.36. The molecule has 0 spiro atoms. The predicted molar refractivity (Wildman–Crippen MR) is 128 cm³/mol. The number of hydrogen-bond acceptors (Lipinski definition) is 7. The summed E-state index contributed by atoms with van der Waals surface area (Å²) in [6, 6.07) is 2.86. The number of esters is 1. The summed E-state index contributed by atoms with van der Waals surface area (Å²) in [7, 11) is 3.40. The van der Waals surface area contributed by atoms with Gasteiger partial charge in [0.05, 0.1) is 24.1 Å². The molecule has 0 bridgehead atoms. The second-order valence-corrected chi connectivity index (χ2v) is 9.89. The van der Waals surface area contributed by atoms with E-state index in [2.05, 4.69) is 34.0 Å². The molecule has 1 saturated carbocycles. The zero-order chi connectivity index (χ0) is 26.2. The number of amides is 1. The van der Waals surface area contributed by atoms with Gasteiger partial charge in [-0.15, -0.1) is 0 Å². The van der Waals surface area contributed by atoms with Crippen LogP contribution in [0.5, 0.6) is 0 Å². The number of alkyl halides is 3. The van der Waals surface area contributed by atoms with Gasteiger partial charge in [0, 0.05) is 30.1 Å². The van der Waals surface area contributed by atoms with E-state index in [0.717, 1.165) is 18.6 Å². The van der Waals surface area contributed by atoms with Crippen molar-refractivity contribution >= 4 is 28.6 Å². The number of carbonyl (C=O) groups is 2. The second-order valence-electron chi connectivity index (χ2n) is 9.89. The zero-order valence-corrected chi connectivity index (χ0v) is 20.9. The Labute approximate surface area is 208 Å². The third kappa shape index (κ3) is 5.11. The molecule has 11 heteroatoms. The van der Waals surface area contributed by atoms with Crippen LogP contribution in [0.3, 0.4) is 0 Å². The number of anilines is 1. The summed E-state index contributed by atoms with van der Waals surface area (Å²) in [5.41, 5.74) is -0.461. The van der Waals surface area contributed by atoms with E-state index in [1.807, 2.05) is 7.05 Å². The number of nitrogens with one attached hydrogen (secondary N) is 1. The summed E-state index contributed by atoms with van der Waals surface area (Å²) < 4.78 is 44.9. The molecule has 1 aliphatic carbocycles. The van der Waals surface area contributed by atoms with E-state index in [-0.39, 0.29) is 35.2 Å². The van der Waals surface area contributed by atoms with Crippen molar-refractivity contribution in [2.24, 2.45) is 5.92 Å². The molecule has 196 valence electrons. The number of nitrogens with zero attached hydrogens (tertiary/aromatic N) is 4. The number of carbonyl (C=O) groups excluding carboxylic acids is 2. The number of halogens is 3. The molecule has 4 rings (SSSR count). The number of benzene rings is 1. The van der Waals surface area contributed by atoms with Gasteiger partial charge in [-0.1, -0.05) is 0 Å². The van der Waals surface area contributed by atoms with Gasteiger partial charge in [0.25, 0.3) is 0 Å². The van der Waals surface area contributed by atoms with Crippen LogP contribution in [0.15, 0.2) is 24.5 Å². The normalized spacial score (nSPS) is 25.1. The maximum Gasteiger partial charge on any atom is 0.416 e. The van der Waals surface area contributed by atoms with E-state index in [9.17, 15) is 22.8 Å². The van der Waals surface area contributed by atoms with Crippen LogP contribution in [0.4, 0.5) is 19.0 Å². The van der Waals surface area contributed by atoms with Crippen molar-refractivity contribution in [3.05, 3.63) is 30.1 Å². The van der Waals surface area contributed by atoms with E-state index in [1.165, 1.54) is 19.5 Å². The molecule has 1 aromatic carbocycles. The van der Waals surface area contributed by atoms with E-state index in [0.29, 0.717) is 37.4 Å². The molecule has 4 unspecified atom stereocenters. The van der Waals surface area contributed by atoms with Crippen LogP contribution in [0.1, 0.15) is 45.1 Å². The Bertz CT molecular complexity index is 1130. The summed E-state index contributed by atoms with van der Waals surface area (Å²) >= 11 is 0. The first-order valence-electron chi connectivity index (χ1n) is 12.2. The number of ether oxygens (including phenoxy) is 1. The first-order valence-corrected chi connectivity index (χ1v) is 12.2. The first kappa shape index (κ1) is 26.1. The number of aromatic nitrogens is 2. The molecule has 1 amide bonds. The van der Waals surface area contributed by atoms with Crippen LogP contribution in [-0.4, -0.2) is 76.5 Å². The van der Waals surface area contributed by atoms with Crippen LogP contribution >= 0.6 is 0 Å². The van der Waals surface area contributed by atoms with E-state index < -0.39 is 23.7 Å². The molecule has 2 aliphatic rings. The van der Waals surface area contributed by atoms with E-state index in [1.54, 1.807) is 4.90 Å². The third-order valence-corrected chi connectivity index (χ3v) is 7.59. The van der Waals surface area contributed by atoms with Gasteiger partial charge in [-0.05, 0) is 64.8 Å². The molecule has 4 atom stereocenters. The molecule has 1 N–H and O–H groups in total. The van der Waals surface area contributed by atoms with Gasteiger partial charge < -0.3 is 19.9 Å². The lowest BCUT2D eigenvalue weighted by molar-refractivity contribution is -0.152. The fourth-order valence-corrected chi connectivity index (χ4v) is 5.38. The van der Waals surface area contributed by atoms with Crippen molar-refractivity contribution < 1.29 is 27.5 Å². The Kier molecular flexibility index (Phi) is 7.40. The quantitative estimate of drug-likeness (QED) is 0.597. The molecule has 8 nitrogen and oxygen atoms in total. The van der Waals surface area contributed by atoms with Gasteiger partial charge in [-0.25, -0.2) is 9.97 Å². The van der Waals surface area contributed by atoms with Crippen LogP contribution in [-0.2, 0) is 20.5 Å². The minimum atomic E-state index is -4.51. The Balaban J connectivity index is 1.53. The Hall–Kier alpha value is -2.95. The number of fused-ring (bicyclic) bond motifs is 1. The van der Waals surface area contributed by atoms with E-state index >= 15 is 0 Å². The lowest BCUT2D eigenvalue weighted by Gasteiger charge is -2.43. The number of methoxy groups -OCH3 is 1. The molecule has 2 heterocycles. The molecule has 1 aromatic heterocycles. The lowest BCUT2D eigenvalue weighted by Crippen LogP contribution is -2.53. The molecule has 1 aliphatic heterocycles. The highest BCUT2D eigenvalue weighted by atomic mass is 19.4. The first-order chi connectivity index (χ1) is 17.0. The number of likely N-dealkylation sites (tertiary alicyclic amines) is 1. The molecule has 36 heavy (non-hydrogen) atoms. The topological polar surface area (TPSA) is 87.7 Å². The fraction of sp³-hybridized carbons (Fsp3) is 0.600. The van der Waals surface area contributed by atoms with Crippen molar-refractivity contribution in [2.75, 3.05) is 26.0 Å². The summed E-state index contributed by atoms with van der Waals surface area (Å²) in [5.74, 6) is -0.777. The van der Waals surface area contributed by atoms with Crippen LogP contribution in [0.25, 0.3) is 10.9 Å². The highest BCUT2D eigenvalue weighted by molar-refractivity contribution is 5.93. The molecule has 1 saturated heterocycles. The van der Waals surface area contributed by atoms with Crippen LogP contribution in [0.2, 0.25) is 0 Å². The van der Waals surface area contributed by atoms with Crippen molar-refractivity contribution in [3.8, 4) is 0 Å². The van der Waals surface area contributed by atoms with Gasteiger partial charge in [0.1, 0.15) is 18.2 Å². The largest absolute Gasteiger partial charge is 0.469 e. The van der Waals surface area contributed by atoms with Crippen molar-refractivity contribution in [3.63, 3.8) is 0 Å². The predicted octanol–water partition coefficient (Wildman–Crippen LogP) is 3.71. The van der Waals surface area contributed by atoms with Gasteiger partial charge in [-0.2, -0.15) is 13.2 Å². The average Bonchev–Trinajstić information content (AvgIpc) is 3.21. The number of rotatable bonds is 6. The average molecular weight is 508 g/mol. The molecule has 2 aromatic rings. The molecular formula is C25H32F3N5O3. The maximum atomic E-state index is 13.4. The maximum absolute atomic E-state index is 13.4. The minimum absolute atomic E-state index is 0.179.